The Bertz CT molecular complexity index is 1460. The summed E-state index contributed by atoms with van der Waals surface area (Å²) in [6, 6.07) is 1.52. The lowest BCUT2D eigenvalue weighted by Gasteiger charge is -2.60. The molecule has 0 amide bonds. The van der Waals surface area contributed by atoms with Crippen LogP contribution in [0.25, 0.3) is 6.08 Å². The quantitative estimate of drug-likeness (QED) is 0.200. The number of allylic oxidation sites excluding steroid dienone is 3. The van der Waals surface area contributed by atoms with Gasteiger partial charge in [0.1, 0.15) is 36.3 Å². The minimum atomic E-state index is -1.78. The second-order valence-electron chi connectivity index (χ2n) is 14.7. The number of carbonyl (C=O) groups excluding carboxylic acids is 1. The minimum absolute atomic E-state index is 0.0125. The Labute approximate surface area is 269 Å². The van der Waals surface area contributed by atoms with E-state index >= 15 is 0 Å². The van der Waals surface area contributed by atoms with Crippen LogP contribution >= 0.6 is 0 Å². The average molecular weight is 645 g/mol. The van der Waals surface area contributed by atoms with Crippen molar-refractivity contribution in [2.24, 2.45) is 22.7 Å². The van der Waals surface area contributed by atoms with Gasteiger partial charge in [0.15, 0.2) is 11.5 Å². The van der Waals surface area contributed by atoms with E-state index in [0.717, 1.165) is 0 Å². The fourth-order valence-corrected chi connectivity index (χ4v) is 9.09. The predicted octanol–water partition coefficient (Wildman–Crippen LogP) is 1.39. The van der Waals surface area contributed by atoms with Crippen molar-refractivity contribution < 1.29 is 55.1 Å². The first-order valence-electron chi connectivity index (χ1n) is 15.7. The molecule has 1 saturated heterocycles. The van der Waals surface area contributed by atoms with Crippen LogP contribution in [0.5, 0.6) is 11.5 Å². The lowest BCUT2D eigenvalue weighted by Crippen LogP contribution is -2.63. The van der Waals surface area contributed by atoms with Crippen molar-refractivity contribution in [3.05, 3.63) is 53.1 Å². The van der Waals surface area contributed by atoms with Crippen molar-refractivity contribution in [1.29, 1.82) is 0 Å². The maximum absolute atomic E-state index is 14.5. The molecule has 11 heteroatoms. The molecule has 13 atom stereocenters. The number of aromatic hydroxyl groups is 1. The van der Waals surface area contributed by atoms with Crippen LogP contribution in [0.15, 0.2) is 36.4 Å². The summed E-state index contributed by atoms with van der Waals surface area (Å²) in [7, 11) is 0. The number of ketones is 1. The summed E-state index contributed by atoms with van der Waals surface area (Å²) >= 11 is 0. The lowest BCUT2D eigenvalue weighted by atomic mass is 9.42. The summed E-state index contributed by atoms with van der Waals surface area (Å²) in [4.78, 5) is 14.5. The topological polar surface area (TPSA) is 197 Å². The van der Waals surface area contributed by atoms with Crippen LogP contribution < -0.4 is 4.74 Å². The van der Waals surface area contributed by atoms with Crippen LogP contribution in [0, 0.1) is 29.6 Å². The molecule has 0 spiro atoms. The first-order chi connectivity index (χ1) is 21.3. The van der Waals surface area contributed by atoms with Gasteiger partial charge in [0.2, 0.25) is 6.29 Å². The molecule has 0 unspecified atom stereocenters. The summed E-state index contributed by atoms with van der Waals surface area (Å²) in [6.45, 7) is 13.8. The molecule has 254 valence electrons. The number of hydrogen-bond donors (Lipinski definition) is 8. The van der Waals surface area contributed by atoms with Crippen LogP contribution in [-0.2, 0) is 14.9 Å². The van der Waals surface area contributed by atoms with Crippen LogP contribution in [0.1, 0.15) is 64.2 Å². The highest BCUT2D eigenvalue weighted by atomic mass is 16.7. The van der Waals surface area contributed by atoms with Crippen LogP contribution in [-0.4, -0.2) is 102 Å². The number of Topliss-reactive ketones (excluding diaryl/α,β-unsaturated/α-hetero) is 1. The van der Waals surface area contributed by atoms with Gasteiger partial charge in [0.25, 0.3) is 0 Å². The maximum atomic E-state index is 14.5. The highest BCUT2D eigenvalue weighted by Gasteiger charge is 2.72. The molecule has 1 heterocycles. The molecule has 4 aliphatic rings. The molecule has 0 bridgehead atoms. The maximum Gasteiger partial charge on any atom is 0.229 e. The number of rotatable bonds is 7. The molecule has 0 aromatic heterocycles. The highest BCUT2D eigenvalue weighted by molar-refractivity contribution is 5.95. The molecule has 46 heavy (non-hydrogen) atoms. The molecule has 1 aromatic carbocycles. The molecule has 1 aromatic rings. The van der Waals surface area contributed by atoms with E-state index in [4.69, 9.17) is 9.47 Å². The van der Waals surface area contributed by atoms with Gasteiger partial charge in [0.05, 0.1) is 23.7 Å². The zero-order chi connectivity index (χ0) is 34.3. The Morgan fingerprint density at radius 2 is 1.83 bits per heavy atom. The number of ether oxygens (including phenoxy) is 2. The Balaban J connectivity index is 1.56. The first-order valence-corrected chi connectivity index (χ1v) is 15.7. The van der Waals surface area contributed by atoms with Gasteiger partial charge < -0.3 is 50.3 Å². The molecule has 2 saturated carbocycles. The van der Waals surface area contributed by atoms with Crippen molar-refractivity contribution in [3.63, 3.8) is 0 Å². The fraction of sp³-hybridized carbons (Fsp3) is 0.629. The van der Waals surface area contributed by atoms with E-state index in [1.165, 1.54) is 19.1 Å². The predicted molar refractivity (Wildman–Crippen MR) is 168 cm³/mol. The number of fused-ring (bicyclic) bond motifs is 5. The standard InChI is InChI=1S/C35H48O11/c1-16(2)8-11-24(38)35(7,44)30-20(37)13-32(4)23-10-9-18-17(3)26(40)21(12-19(18)34(23,6)25(39)14-33(30,32)5)45-31-29(43)28(42)27(41)22(15-36)46-31/h8-12,20,22-24,27-31,36-38,40-44H,1,13-15H2,2-7H3/t20-,22-,23+,24+,27-,28+,29-,30-,31-,32+,33-,34+,35+/m1/s1. The van der Waals surface area contributed by atoms with Gasteiger partial charge in [-0.25, -0.2) is 0 Å². The van der Waals surface area contributed by atoms with Crippen molar-refractivity contribution >= 4 is 11.9 Å². The zero-order valence-electron chi connectivity index (χ0n) is 27.2. The SMILES string of the molecule is C=C(C)C=C[C@H](O)[C@](C)(O)[C@@H]1[C@H](O)C[C@@]2(C)[C@@H]3C=Cc4c(cc(O[C@@H]5O[C@H](CO)[C@@H](O)[C@H](O)[C@H]5O)c(O)c4C)[C@]3(C)C(=O)C[C@]12C. The molecule has 5 rings (SSSR count). The van der Waals surface area contributed by atoms with Crippen molar-refractivity contribution in [3.8, 4) is 11.5 Å². The van der Waals surface area contributed by atoms with E-state index in [1.807, 2.05) is 32.9 Å². The minimum Gasteiger partial charge on any atom is -0.504 e. The van der Waals surface area contributed by atoms with Gasteiger partial charge in [-0.1, -0.05) is 50.3 Å². The lowest BCUT2D eigenvalue weighted by molar-refractivity contribution is -0.277. The number of aliphatic hydroxyl groups is 7. The van der Waals surface area contributed by atoms with E-state index in [1.54, 1.807) is 19.9 Å². The number of phenolic OH excluding ortho intramolecular Hbond substituents is 1. The van der Waals surface area contributed by atoms with E-state index in [9.17, 15) is 45.6 Å². The molecule has 0 radical (unpaired) electrons. The third-order valence-electron chi connectivity index (χ3n) is 11.9. The van der Waals surface area contributed by atoms with Gasteiger partial charge in [-0.3, -0.25) is 4.79 Å². The summed E-state index contributed by atoms with van der Waals surface area (Å²) in [5.74, 6) is -1.88. The number of benzene rings is 1. The Morgan fingerprint density at radius 3 is 2.43 bits per heavy atom. The smallest absolute Gasteiger partial charge is 0.229 e. The summed E-state index contributed by atoms with van der Waals surface area (Å²) in [5.41, 5.74) is -2.36. The van der Waals surface area contributed by atoms with Gasteiger partial charge in [-0.15, -0.1) is 0 Å². The van der Waals surface area contributed by atoms with Gasteiger partial charge in [-0.05, 0) is 68.1 Å². The molecule has 8 N–H and O–H groups in total. The van der Waals surface area contributed by atoms with Gasteiger partial charge in [-0.2, -0.15) is 0 Å². The van der Waals surface area contributed by atoms with E-state index < -0.39 is 83.2 Å². The molecule has 3 fully saturated rings. The third kappa shape index (κ3) is 4.82. The number of carbonyl (C=O) groups is 1. The monoisotopic (exact) mass is 644 g/mol. The second kappa shape index (κ2) is 11.5. The van der Waals surface area contributed by atoms with Crippen LogP contribution in [0.3, 0.4) is 0 Å². The van der Waals surface area contributed by atoms with Gasteiger partial charge >= 0.3 is 0 Å². The molecule has 11 nitrogen and oxygen atoms in total. The second-order valence-corrected chi connectivity index (χ2v) is 14.7. The molecule has 3 aliphatic carbocycles. The zero-order valence-corrected chi connectivity index (χ0v) is 27.2. The number of phenols is 1. The average Bonchev–Trinajstić information content (AvgIpc) is 3.19. The molecular weight excluding hydrogens is 596 g/mol. The fourth-order valence-electron chi connectivity index (χ4n) is 9.09. The highest BCUT2D eigenvalue weighted by Crippen LogP contribution is 2.71. The third-order valence-corrected chi connectivity index (χ3v) is 11.9. The van der Waals surface area contributed by atoms with Gasteiger partial charge in [0, 0.05) is 17.9 Å². The van der Waals surface area contributed by atoms with E-state index in [0.29, 0.717) is 22.3 Å². The Hall–Kier alpha value is -2.61. The Morgan fingerprint density at radius 1 is 1.17 bits per heavy atom. The number of aliphatic hydroxyl groups excluding tert-OH is 6. The Kier molecular flexibility index (Phi) is 8.70. The van der Waals surface area contributed by atoms with Crippen LogP contribution in [0.2, 0.25) is 0 Å². The molecule has 1 aliphatic heterocycles. The normalized spacial score (nSPS) is 42.2. The summed E-state index contributed by atoms with van der Waals surface area (Å²) in [5, 5.41) is 86.2. The van der Waals surface area contributed by atoms with E-state index in [-0.39, 0.29) is 30.1 Å². The van der Waals surface area contributed by atoms with Crippen LogP contribution in [0.4, 0.5) is 0 Å². The van der Waals surface area contributed by atoms with E-state index in [2.05, 4.69) is 6.58 Å². The largest absolute Gasteiger partial charge is 0.504 e. The number of hydrogen-bond acceptors (Lipinski definition) is 11. The van der Waals surface area contributed by atoms with Crippen molar-refractivity contribution in [2.45, 2.75) is 108 Å². The van der Waals surface area contributed by atoms with Crippen molar-refractivity contribution in [2.75, 3.05) is 6.61 Å². The summed E-state index contributed by atoms with van der Waals surface area (Å²) in [6.07, 6.45) is -3.07. The molecular formula is C35H48O11. The van der Waals surface area contributed by atoms with Crippen molar-refractivity contribution in [1.82, 2.24) is 0 Å². The summed E-state index contributed by atoms with van der Waals surface area (Å²) < 4.78 is 11.4. The first kappa shape index (κ1) is 34.7.